The van der Waals surface area contributed by atoms with Crippen molar-refractivity contribution in [3.8, 4) is 0 Å². The zero-order valence-electron chi connectivity index (χ0n) is 8.43. The van der Waals surface area contributed by atoms with E-state index < -0.39 is 5.92 Å². The average Bonchev–Trinajstić information content (AvgIpc) is 2.17. The molecule has 0 saturated carbocycles. The zero-order valence-corrected chi connectivity index (χ0v) is 8.43. The Morgan fingerprint density at radius 3 is 2.00 bits per heavy atom. The topological polar surface area (TPSA) is 70.2 Å². The summed E-state index contributed by atoms with van der Waals surface area (Å²) in [5.41, 5.74) is 0. The Kier molecular flexibility index (Phi) is 4.39. The van der Waals surface area contributed by atoms with Crippen LogP contribution in [-0.4, -0.2) is 38.0 Å². The van der Waals surface area contributed by atoms with Crippen molar-refractivity contribution < 1.29 is 9.59 Å². The first-order valence-electron chi connectivity index (χ1n) is 5.02. The minimum absolute atomic E-state index is 0.172. The van der Waals surface area contributed by atoms with Crippen LogP contribution in [0.25, 0.3) is 0 Å². The van der Waals surface area contributed by atoms with Crippen LogP contribution < -0.4 is 16.0 Å². The number of hydrogen-bond acceptors (Lipinski definition) is 3. The summed E-state index contributed by atoms with van der Waals surface area (Å²) >= 11 is 0. The molecule has 1 saturated heterocycles. The van der Waals surface area contributed by atoms with Gasteiger partial charge < -0.3 is 16.0 Å². The van der Waals surface area contributed by atoms with Crippen molar-refractivity contribution >= 4 is 11.8 Å². The fourth-order valence-electron chi connectivity index (χ4n) is 1.41. The fourth-order valence-corrected chi connectivity index (χ4v) is 1.41. The molecular formula is C9H17N3O2. The molecule has 0 spiro atoms. The summed E-state index contributed by atoms with van der Waals surface area (Å²) in [6.07, 6.45) is 0.547. The molecule has 0 aromatic heterocycles. The molecule has 3 N–H and O–H groups in total. The van der Waals surface area contributed by atoms with Gasteiger partial charge in [0.25, 0.3) is 0 Å². The summed E-state index contributed by atoms with van der Waals surface area (Å²) in [6, 6.07) is 0. The van der Waals surface area contributed by atoms with Gasteiger partial charge in [-0.25, -0.2) is 0 Å². The van der Waals surface area contributed by atoms with Gasteiger partial charge in [0.1, 0.15) is 5.92 Å². The van der Waals surface area contributed by atoms with Crippen molar-refractivity contribution in [2.45, 2.75) is 13.3 Å². The molecule has 1 fully saturated rings. The second kappa shape index (κ2) is 5.59. The van der Waals surface area contributed by atoms with Gasteiger partial charge in [-0.05, 0) is 6.42 Å². The van der Waals surface area contributed by atoms with Gasteiger partial charge in [-0.1, -0.05) is 6.92 Å². The molecule has 14 heavy (non-hydrogen) atoms. The van der Waals surface area contributed by atoms with E-state index in [0.29, 0.717) is 19.5 Å². The van der Waals surface area contributed by atoms with E-state index in [2.05, 4.69) is 16.0 Å². The summed E-state index contributed by atoms with van der Waals surface area (Å²) in [7, 11) is 0. The first kappa shape index (κ1) is 11.0. The summed E-state index contributed by atoms with van der Waals surface area (Å²) in [5, 5.41) is 8.54. The van der Waals surface area contributed by atoms with Crippen LogP contribution in [0.3, 0.4) is 0 Å². The maximum absolute atomic E-state index is 11.5. The summed E-state index contributed by atoms with van der Waals surface area (Å²) in [5.74, 6) is -0.879. The zero-order chi connectivity index (χ0) is 10.4. The lowest BCUT2D eigenvalue weighted by Crippen LogP contribution is -2.46. The first-order chi connectivity index (χ1) is 6.75. The smallest absolute Gasteiger partial charge is 0.232 e. The van der Waals surface area contributed by atoms with Gasteiger partial charge in [0.15, 0.2) is 0 Å². The third kappa shape index (κ3) is 2.99. The van der Waals surface area contributed by atoms with Crippen LogP contribution in [0.2, 0.25) is 0 Å². The van der Waals surface area contributed by atoms with Gasteiger partial charge in [0.05, 0.1) is 0 Å². The molecule has 0 unspecified atom stereocenters. The van der Waals surface area contributed by atoms with Crippen LogP contribution in [-0.2, 0) is 9.59 Å². The Hall–Kier alpha value is -1.10. The van der Waals surface area contributed by atoms with Gasteiger partial charge in [0, 0.05) is 26.2 Å². The molecule has 2 amide bonds. The van der Waals surface area contributed by atoms with E-state index in [-0.39, 0.29) is 11.8 Å². The van der Waals surface area contributed by atoms with E-state index in [0.717, 1.165) is 13.1 Å². The molecule has 0 radical (unpaired) electrons. The van der Waals surface area contributed by atoms with E-state index in [9.17, 15) is 9.59 Å². The van der Waals surface area contributed by atoms with Crippen molar-refractivity contribution in [2.75, 3.05) is 26.2 Å². The normalized spacial score (nSPS) is 21.2. The first-order valence-corrected chi connectivity index (χ1v) is 5.02. The lowest BCUT2D eigenvalue weighted by atomic mass is 10.0. The molecule has 0 aliphatic carbocycles. The molecule has 1 heterocycles. The fraction of sp³-hybridized carbons (Fsp3) is 0.778. The number of hydrogen-bond donors (Lipinski definition) is 3. The van der Waals surface area contributed by atoms with Gasteiger partial charge in [-0.3, -0.25) is 9.59 Å². The molecule has 1 aliphatic heterocycles. The van der Waals surface area contributed by atoms with E-state index in [4.69, 9.17) is 0 Å². The maximum Gasteiger partial charge on any atom is 0.232 e. The van der Waals surface area contributed by atoms with E-state index in [1.165, 1.54) is 0 Å². The highest BCUT2D eigenvalue weighted by Gasteiger charge is 2.24. The second-order valence-electron chi connectivity index (χ2n) is 3.29. The van der Waals surface area contributed by atoms with Gasteiger partial charge >= 0.3 is 0 Å². The standard InChI is InChI=1S/C9H17N3O2/c1-2-7-8(13)11-5-3-10-4-6-12-9(7)14/h7,10H,2-6H2,1H3,(H,11,13)(H,12,14). The highest BCUT2D eigenvalue weighted by Crippen LogP contribution is 2.02. The molecule has 5 heteroatoms. The van der Waals surface area contributed by atoms with Gasteiger partial charge in [-0.15, -0.1) is 0 Å². The van der Waals surface area contributed by atoms with E-state index in [1.54, 1.807) is 0 Å². The van der Waals surface area contributed by atoms with Crippen molar-refractivity contribution in [3.63, 3.8) is 0 Å². The minimum atomic E-state index is -0.534. The van der Waals surface area contributed by atoms with E-state index >= 15 is 0 Å². The minimum Gasteiger partial charge on any atom is -0.354 e. The molecule has 80 valence electrons. The Morgan fingerprint density at radius 1 is 1.07 bits per heavy atom. The lowest BCUT2D eigenvalue weighted by Gasteiger charge is -2.17. The van der Waals surface area contributed by atoms with E-state index in [1.807, 2.05) is 6.92 Å². The van der Waals surface area contributed by atoms with Crippen molar-refractivity contribution in [3.05, 3.63) is 0 Å². The molecule has 0 bridgehead atoms. The van der Waals surface area contributed by atoms with Crippen LogP contribution in [0.1, 0.15) is 13.3 Å². The number of carbonyl (C=O) groups is 2. The number of rotatable bonds is 1. The molecule has 1 aliphatic rings. The predicted octanol–water partition coefficient (Wildman–Crippen LogP) is -1.15. The van der Waals surface area contributed by atoms with Crippen molar-refractivity contribution in [2.24, 2.45) is 5.92 Å². The third-order valence-corrected chi connectivity index (χ3v) is 2.24. The van der Waals surface area contributed by atoms with Crippen LogP contribution >= 0.6 is 0 Å². The van der Waals surface area contributed by atoms with Crippen molar-refractivity contribution in [1.82, 2.24) is 16.0 Å². The van der Waals surface area contributed by atoms with Crippen molar-refractivity contribution in [1.29, 1.82) is 0 Å². The molecule has 0 aromatic carbocycles. The maximum atomic E-state index is 11.5. The number of nitrogens with one attached hydrogen (secondary N) is 3. The molecular weight excluding hydrogens is 182 g/mol. The summed E-state index contributed by atoms with van der Waals surface area (Å²) in [6.45, 7) is 4.51. The summed E-state index contributed by atoms with van der Waals surface area (Å²) < 4.78 is 0. The predicted molar refractivity (Wildman–Crippen MR) is 52.7 cm³/mol. The average molecular weight is 199 g/mol. The quantitative estimate of drug-likeness (QED) is 0.467. The Morgan fingerprint density at radius 2 is 1.57 bits per heavy atom. The molecule has 1 rings (SSSR count). The lowest BCUT2D eigenvalue weighted by molar-refractivity contribution is -0.135. The Labute approximate surface area is 83.6 Å². The van der Waals surface area contributed by atoms with Crippen LogP contribution in [0.5, 0.6) is 0 Å². The van der Waals surface area contributed by atoms with Crippen LogP contribution in [0.15, 0.2) is 0 Å². The van der Waals surface area contributed by atoms with Crippen LogP contribution in [0, 0.1) is 5.92 Å². The monoisotopic (exact) mass is 199 g/mol. The second-order valence-corrected chi connectivity index (χ2v) is 3.29. The van der Waals surface area contributed by atoms with Crippen LogP contribution in [0.4, 0.5) is 0 Å². The van der Waals surface area contributed by atoms with Gasteiger partial charge in [-0.2, -0.15) is 0 Å². The number of amides is 2. The number of carbonyl (C=O) groups excluding carboxylic acids is 2. The van der Waals surface area contributed by atoms with Gasteiger partial charge in [0.2, 0.25) is 11.8 Å². The third-order valence-electron chi connectivity index (χ3n) is 2.24. The summed E-state index contributed by atoms with van der Waals surface area (Å²) in [4.78, 5) is 22.9. The SMILES string of the molecule is CCC1C(=O)NCCNCCNC1=O. The molecule has 0 atom stereocenters. The largest absolute Gasteiger partial charge is 0.354 e. The Balaban J connectivity index is 2.56. The highest BCUT2D eigenvalue weighted by atomic mass is 16.2. The molecule has 0 aromatic rings. The highest BCUT2D eigenvalue weighted by molar-refractivity contribution is 6.00. The molecule has 5 nitrogen and oxygen atoms in total. The Bertz CT molecular complexity index is 198.